The van der Waals surface area contributed by atoms with Crippen molar-refractivity contribution in [3.8, 4) is 0 Å². The normalized spacial score (nSPS) is 11.7. The maximum absolute atomic E-state index is 13.8. The molecule has 21 heavy (non-hydrogen) atoms. The number of sulfonamides is 1. The van der Waals surface area contributed by atoms with Gasteiger partial charge in [-0.3, -0.25) is 0 Å². The Morgan fingerprint density at radius 1 is 1.38 bits per heavy atom. The Morgan fingerprint density at radius 2 is 2.19 bits per heavy atom. The molecular formula is C13H17FN4O2S. The minimum absolute atomic E-state index is 0.161. The van der Waals surface area contributed by atoms with Crippen LogP contribution in [-0.2, 0) is 23.1 Å². The summed E-state index contributed by atoms with van der Waals surface area (Å²) in [5.74, 6) is -0.759. The lowest BCUT2D eigenvalue weighted by molar-refractivity contribution is 0.551. The van der Waals surface area contributed by atoms with Crippen LogP contribution in [0.25, 0.3) is 0 Å². The zero-order valence-corrected chi connectivity index (χ0v) is 12.4. The molecule has 0 unspecified atom stereocenters. The van der Waals surface area contributed by atoms with Crippen LogP contribution in [0.5, 0.6) is 0 Å². The van der Waals surface area contributed by atoms with E-state index in [4.69, 9.17) is 0 Å². The van der Waals surface area contributed by atoms with Gasteiger partial charge < -0.3 is 9.88 Å². The molecule has 2 aromatic rings. The minimum Gasteiger partial charge on any atom is -0.336 e. The number of nitrogens with one attached hydrogen (secondary N) is 2. The summed E-state index contributed by atoms with van der Waals surface area (Å²) < 4.78 is 42.2. The van der Waals surface area contributed by atoms with Crippen LogP contribution in [0.2, 0.25) is 0 Å². The van der Waals surface area contributed by atoms with Crippen LogP contribution in [0.3, 0.4) is 0 Å². The van der Waals surface area contributed by atoms with Gasteiger partial charge in [-0.25, -0.2) is 22.5 Å². The summed E-state index contributed by atoms with van der Waals surface area (Å²) in [5.41, 5.74) is 0.703. The topological polar surface area (TPSA) is 76.0 Å². The maximum Gasteiger partial charge on any atom is 0.243 e. The molecule has 8 heteroatoms. The average molecular weight is 312 g/mol. The van der Waals surface area contributed by atoms with Crippen molar-refractivity contribution in [1.29, 1.82) is 0 Å². The molecule has 0 atom stereocenters. The van der Waals surface area contributed by atoms with Crippen molar-refractivity contribution in [1.82, 2.24) is 19.6 Å². The van der Waals surface area contributed by atoms with E-state index in [2.05, 4.69) is 15.0 Å². The van der Waals surface area contributed by atoms with Gasteiger partial charge in [0.05, 0.1) is 6.33 Å². The van der Waals surface area contributed by atoms with E-state index >= 15 is 0 Å². The van der Waals surface area contributed by atoms with E-state index in [1.807, 2.05) is 0 Å². The van der Waals surface area contributed by atoms with Crippen LogP contribution >= 0.6 is 0 Å². The van der Waals surface area contributed by atoms with Crippen LogP contribution in [0.1, 0.15) is 5.56 Å². The van der Waals surface area contributed by atoms with Crippen molar-refractivity contribution in [3.63, 3.8) is 0 Å². The van der Waals surface area contributed by atoms with Gasteiger partial charge in [0.1, 0.15) is 10.7 Å². The number of rotatable bonds is 7. The van der Waals surface area contributed by atoms with Gasteiger partial charge in [0, 0.05) is 32.0 Å². The first-order valence-corrected chi connectivity index (χ1v) is 7.89. The van der Waals surface area contributed by atoms with Crippen molar-refractivity contribution in [2.45, 2.75) is 18.0 Å². The third-order valence-electron chi connectivity index (χ3n) is 2.89. The third kappa shape index (κ3) is 4.10. The number of halogens is 1. The largest absolute Gasteiger partial charge is 0.336 e. The molecule has 2 N–H and O–H groups in total. The van der Waals surface area contributed by atoms with Crippen molar-refractivity contribution in [3.05, 3.63) is 48.3 Å². The van der Waals surface area contributed by atoms with Crippen LogP contribution < -0.4 is 10.0 Å². The summed E-state index contributed by atoms with van der Waals surface area (Å²) in [7, 11) is -2.13. The van der Waals surface area contributed by atoms with E-state index in [1.54, 1.807) is 36.4 Å². The molecule has 2 rings (SSSR count). The summed E-state index contributed by atoms with van der Waals surface area (Å²) in [6.07, 6.45) is 4.92. The SMILES string of the molecule is CNCc1ccc(F)c(S(=O)(=O)NCCn2ccnc2)c1. The Balaban J connectivity index is 2.09. The molecule has 0 bridgehead atoms. The highest BCUT2D eigenvalue weighted by molar-refractivity contribution is 7.89. The Bertz CT molecular complexity index is 686. The Hall–Kier alpha value is -1.77. The summed E-state index contributed by atoms with van der Waals surface area (Å²) in [4.78, 5) is 3.53. The molecule has 0 saturated heterocycles. The first kappa shape index (κ1) is 15.6. The lowest BCUT2D eigenvalue weighted by Crippen LogP contribution is -2.28. The van der Waals surface area contributed by atoms with Crippen molar-refractivity contribution < 1.29 is 12.8 Å². The molecule has 1 aromatic carbocycles. The predicted molar refractivity (Wildman–Crippen MR) is 76.6 cm³/mol. The average Bonchev–Trinajstić information content (AvgIpc) is 2.94. The van der Waals surface area contributed by atoms with Crippen molar-refractivity contribution >= 4 is 10.0 Å². The van der Waals surface area contributed by atoms with Gasteiger partial charge in [-0.05, 0) is 24.7 Å². The van der Waals surface area contributed by atoms with Crippen molar-refractivity contribution in [2.75, 3.05) is 13.6 Å². The van der Waals surface area contributed by atoms with Gasteiger partial charge in [-0.2, -0.15) is 0 Å². The lowest BCUT2D eigenvalue weighted by Gasteiger charge is -2.10. The zero-order chi connectivity index (χ0) is 15.3. The van der Waals surface area contributed by atoms with Gasteiger partial charge >= 0.3 is 0 Å². The highest BCUT2D eigenvalue weighted by Crippen LogP contribution is 2.16. The van der Waals surface area contributed by atoms with E-state index in [1.165, 1.54) is 6.07 Å². The Kier molecular flexibility index (Phi) is 5.05. The van der Waals surface area contributed by atoms with Gasteiger partial charge in [-0.15, -0.1) is 0 Å². The summed E-state index contributed by atoms with van der Waals surface area (Å²) in [5, 5.41) is 2.90. The summed E-state index contributed by atoms with van der Waals surface area (Å²) in [6.45, 7) is 1.06. The van der Waals surface area contributed by atoms with Crippen LogP contribution in [0, 0.1) is 5.82 Å². The molecule has 1 aromatic heterocycles. The van der Waals surface area contributed by atoms with Crippen LogP contribution in [0.15, 0.2) is 41.8 Å². The Labute approximate surface area is 123 Å². The number of hydrogen-bond acceptors (Lipinski definition) is 4. The minimum atomic E-state index is -3.87. The number of hydrogen-bond donors (Lipinski definition) is 2. The molecule has 0 spiro atoms. The second-order valence-corrected chi connectivity index (χ2v) is 6.23. The van der Waals surface area contributed by atoms with E-state index in [-0.39, 0.29) is 11.4 Å². The molecule has 0 radical (unpaired) electrons. The van der Waals surface area contributed by atoms with Crippen LogP contribution in [-0.4, -0.2) is 31.6 Å². The molecule has 1 heterocycles. The number of aromatic nitrogens is 2. The van der Waals surface area contributed by atoms with Gasteiger partial charge in [0.2, 0.25) is 10.0 Å². The second kappa shape index (κ2) is 6.79. The van der Waals surface area contributed by atoms with Gasteiger partial charge in [0.25, 0.3) is 0 Å². The molecule has 6 nitrogen and oxygen atoms in total. The second-order valence-electron chi connectivity index (χ2n) is 4.49. The fourth-order valence-corrected chi connectivity index (χ4v) is 3.02. The lowest BCUT2D eigenvalue weighted by atomic mass is 10.2. The van der Waals surface area contributed by atoms with Crippen LogP contribution in [0.4, 0.5) is 4.39 Å². The van der Waals surface area contributed by atoms with E-state index < -0.39 is 15.8 Å². The summed E-state index contributed by atoms with van der Waals surface area (Å²) >= 11 is 0. The fraction of sp³-hybridized carbons (Fsp3) is 0.308. The van der Waals surface area contributed by atoms with E-state index in [0.29, 0.717) is 18.7 Å². The molecule has 0 aliphatic heterocycles. The Morgan fingerprint density at radius 3 is 2.86 bits per heavy atom. The van der Waals surface area contributed by atoms with Gasteiger partial charge in [0.15, 0.2) is 0 Å². The van der Waals surface area contributed by atoms with Crippen molar-refractivity contribution in [2.24, 2.45) is 0 Å². The molecule has 0 amide bonds. The highest BCUT2D eigenvalue weighted by atomic mass is 32.2. The predicted octanol–water partition coefficient (Wildman–Crippen LogP) is 0.720. The number of nitrogens with zero attached hydrogens (tertiary/aromatic N) is 2. The fourth-order valence-electron chi connectivity index (χ4n) is 1.87. The molecule has 0 aliphatic rings. The first-order valence-electron chi connectivity index (χ1n) is 6.41. The quantitative estimate of drug-likeness (QED) is 0.790. The van der Waals surface area contributed by atoms with E-state index in [9.17, 15) is 12.8 Å². The molecular weight excluding hydrogens is 295 g/mol. The maximum atomic E-state index is 13.8. The first-order chi connectivity index (χ1) is 10.0. The third-order valence-corrected chi connectivity index (χ3v) is 4.36. The standard InChI is InChI=1S/C13H17FN4O2S/c1-15-9-11-2-3-12(14)13(8-11)21(19,20)17-5-7-18-6-4-16-10-18/h2-4,6,8,10,15,17H,5,7,9H2,1H3. The zero-order valence-electron chi connectivity index (χ0n) is 11.6. The monoisotopic (exact) mass is 312 g/mol. The smallest absolute Gasteiger partial charge is 0.243 e. The van der Waals surface area contributed by atoms with E-state index in [0.717, 1.165) is 6.07 Å². The van der Waals surface area contributed by atoms with Gasteiger partial charge in [-0.1, -0.05) is 6.07 Å². The molecule has 0 aliphatic carbocycles. The molecule has 0 saturated carbocycles. The highest BCUT2D eigenvalue weighted by Gasteiger charge is 2.19. The number of imidazole rings is 1. The molecule has 0 fully saturated rings. The number of benzene rings is 1. The summed E-state index contributed by atoms with van der Waals surface area (Å²) in [6, 6.07) is 4.05. The molecule has 114 valence electrons.